The van der Waals surface area contributed by atoms with Gasteiger partial charge in [0.15, 0.2) is 0 Å². The molecule has 0 fully saturated rings. The molecule has 2 aromatic carbocycles. The second-order valence-electron chi connectivity index (χ2n) is 7.87. The first kappa shape index (κ1) is 23.7. The maximum atomic E-state index is 14.7. The monoisotopic (exact) mass is 530 g/mol. The highest BCUT2D eigenvalue weighted by molar-refractivity contribution is 9.10. The van der Waals surface area contributed by atoms with Crippen molar-refractivity contribution in [2.24, 2.45) is 0 Å². The van der Waals surface area contributed by atoms with Gasteiger partial charge in [0.1, 0.15) is 29.9 Å². The van der Waals surface area contributed by atoms with Crippen molar-refractivity contribution in [1.82, 2.24) is 29.9 Å². The third-order valence-electron chi connectivity index (χ3n) is 5.66. The van der Waals surface area contributed by atoms with Gasteiger partial charge in [0.25, 0.3) is 5.91 Å². The number of carbonyl (C=O) groups excluding carboxylic acids is 1. The van der Waals surface area contributed by atoms with Crippen LogP contribution in [0.1, 0.15) is 28.5 Å². The SMILES string of the molecule is Cc1c(C(=O)N[C@H](C)[C@](O)(Cn2cncn2)c2ccc(F)cc2F)cnn1-c1ccc(Br)cc1. The third kappa shape index (κ3) is 4.62. The Labute approximate surface area is 202 Å². The topological polar surface area (TPSA) is 97.9 Å². The van der Waals surface area contributed by atoms with Gasteiger partial charge in [-0.25, -0.2) is 23.1 Å². The fourth-order valence-corrected chi connectivity index (χ4v) is 3.99. The highest BCUT2D eigenvalue weighted by Crippen LogP contribution is 2.30. The average Bonchev–Trinajstić information content (AvgIpc) is 3.43. The van der Waals surface area contributed by atoms with Crippen molar-refractivity contribution in [3.8, 4) is 5.69 Å². The number of hydrogen-bond donors (Lipinski definition) is 2. The van der Waals surface area contributed by atoms with Gasteiger partial charge in [-0.1, -0.05) is 22.0 Å². The number of nitrogens with zero attached hydrogens (tertiary/aromatic N) is 5. The normalized spacial score (nSPS) is 13.9. The van der Waals surface area contributed by atoms with Gasteiger partial charge >= 0.3 is 0 Å². The number of hydrogen-bond acceptors (Lipinski definition) is 5. The van der Waals surface area contributed by atoms with Gasteiger partial charge in [-0.05, 0) is 44.2 Å². The third-order valence-corrected chi connectivity index (χ3v) is 6.19. The molecule has 8 nitrogen and oxygen atoms in total. The molecule has 1 amide bonds. The fraction of sp³-hybridized carbons (Fsp3) is 0.217. The molecule has 0 saturated heterocycles. The highest BCUT2D eigenvalue weighted by Gasteiger charge is 2.40. The van der Waals surface area contributed by atoms with Crippen LogP contribution in [-0.2, 0) is 12.1 Å². The molecule has 0 radical (unpaired) electrons. The Kier molecular flexibility index (Phi) is 6.58. The van der Waals surface area contributed by atoms with Crippen LogP contribution in [0.15, 0.2) is 65.8 Å². The van der Waals surface area contributed by atoms with Gasteiger partial charge in [0.05, 0.1) is 35.7 Å². The lowest BCUT2D eigenvalue weighted by molar-refractivity contribution is -0.0186. The number of carbonyl (C=O) groups is 1. The highest BCUT2D eigenvalue weighted by atomic mass is 79.9. The summed E-state index contributed by atoms with van der Waals surface area (Å²) in [6, 6.07) is 9.31. The quantitative estimate of drug-likeness (QED) is 0.381. The van der Waals surface area contributed by atoms with E-state index in [1.807, 2.05) is 24.3 Å². The molecule has 0 aliphatic carbocycles. The Morgan fingerprint density at radius 3 is 2.59 bits per heavy atom. The standard InChI is InChI=1S/C23H21BrF2N6O2/c1-14-19(10-28-32(14)18-6-3-16(24)4-7-18)22(33)30-15(2)23(34,11-31-13-27-12-29-31)20-8-5-17(25)9-21(20)26/h3-10,12-13,15,34H,11H2,1-2H3,(H,30,33)/t15-,23-/m1/s1. The van der Waals surface area contributed by atoms with E-state index in [0.717, 1.165) is 22.3 Å². The van der Waals surface area contributed by atoms with Crippen LogP contribution in [0.3, 0.4) is 0 Å². The summed E-state index contributed by atoms with van der Waals surface area (Å²) in [5, 5.41) is 22.6. The molecule has 11 heteroatoms. The van der Waals surface area contributed by atoms with Crippen LogP contribution in [0.4, 0.5) is 8.78 Å². The summed E-state index contributed by atoms with van der Waals surface area (Å²) in [5.41, 5.74) is -0.503. The van der Waals surface area contributed by atoms with Gasteiger partial charge < -0.3 is 10.4 Å². The molecule has 34 heavy (non-hydrogen) atoms. The lowest BCUT2D eigenvalue weighted by Gasteiger charge is -2.35. The van der Waals surface area contributed by atoms with Crippen LogP contribution in [0.2, 0.25) is 0 Å². The number of aromatic nitrogens is 5. The van der Waals surface area contributed by atoms with E-state index in [9.17, 15) is 18.7 Å². The van der Waals surface area contributed by atoms with Crippen LogP contribution in [0, 0.1) is 18.6 Å². The molecule has 176 valence electrons. The van der Waals surface area contributed by atoms with E-state index < -0.39 is 29.2 Å². The first-order valence-electron chi connectivity index (χ1n) is 10.3. The van der Waals surface area contributed by atoms with Crippen molar-refractivity contribution >= 4 is 21.8 Å². The Morgan fingerprint density at radius 2 is 1.94 bits per heavy atom. The predicted molar refractivity (Wildman–Crippen MR) is 123 cm³/mol. The van der Waals surface area contributed by atoms with E-state index in [1.165, 1.54) is 30.5 Å². The fourth-order valence-electron chi connectivity index (χ4n) is 3.73. The first-order chi connectivity index (χ1) is 16.2. The number of halogens is 3. The van der Waals surface area contributed by atoms with Crippen molar-refractivity contribution in [1.29, 1.82) is 0 Å². The number of rotatable bonds is 7. The second-order valence-corrected chi connectivity index (χ2v) is 8.78. The molecular weight excluding hydrogens is 510 g/mol. The van der Waals surface area contributed by atoms with Crippen molar-refractivity contribution in [3.63, 3.8) is 0 Å². The van der Waals surface area contributed by atoms with Crippen LogP contribution >= 0.6 is 15.9 Å². The smallest absolute Gasteiger partial charge is 0.255 e. The van der Waals surface area contributed by atoms with E-state index in [2.05, 4.69) is 36.4 Å². The van der Waals surface area contributed by atoms with Gasteiger partial charge in [-0.2, -0.15) is 10.2 Å². The average molecular weight is 531 g/mol. The zero-order valence-corrected chi connectivity index (χ0v) is 19.9. The van der Waals surface area contributed by atoms with E-state index in [1.54, 1.807) is 11.6 Å². The van der Waals surface area contributed by atoms with E-state index >= 15 is 0 Å². The molecule has 0 spiro atoms. The number of amides is 1. The summed E-state index contributed by atoms with van der Waals surface area (Å²) in [6.07, 6.45) is 4.05. The molecule has 2 heterocycles. The molecule has 4 aromatic rings. The van der Waals surface area contributed by atoms with E-state index in [-0.39, 0.29) is 17.7 Å². The summed E-state index contributed by atoms with van der Waals surface area (Å²) >= 11 is 3.38. The summed E-state index contributed by atoms with van der Waals surface area (Å²) in [4.78, 5) is 17.0. The number of nitrogens with one attached hydrogen (secondary N) is 1. The largest absolute Gasteiger partial charge is 0.381 e. The molecule has 2 N–H and O–H groups in total. The molecule has 2 atom stereocenters. The van der Waals surface area contributed by atoms with Crippen LogP contribution in [0.25, 0.3) is 5.69 Å². The van der Waals surface area contributed by atoms with Gasteiger partial charge in [-0.3, -0.25) is 4.79 Å². The van der Waals surface area contributed by atoms with Crippen molar-refractivity contribution in [2.45, 2.75) is 32.0 Å². The number of benzene rings is 2. The Morgan fingerprint density at radius 1 is 1.21 bits per heavy atom. The lowest BCUT2D eigenvalue weighted by atomic mass is 9.86. The summed E-state index contributed by atoms with van der Waals surface area (Å²) in [6.45, 7) is 3.05. The molecule has 2 aromatic heterocycles. The van der Waals surface area contributed by atoms with Crippen LogP contribution in [0.5, 0.6) is 0 Å². The van der Waals surface area contributed by atoms with E-state index in [0.29, 0.717) is 11.8 Å². The molecule has 0 bridgehead atoms. The molecule has 0 unspecified atom stereocenters. The van der Waals surface area contributed by atoms with Crippen LogP contribution < -0.4 is 5.32 Å². The number of aliphatic hydroxyl groups is 1. The summed E-state index contributed by atoms with van der Waals surface area (Å²) < 4.78 is 32.1. The minimum atomic E-state index is -1.96. The molecule has 4 rings (SSSR count). The second kappa shape index (κ2) is 9.43. The predicted octanol–water partition coefficient (Wildman–Crippen LogP) is 3.52. The molecule has 0 saturated carbocycles. The summed E-state index contributed by atoms with van der Waals surface area (Å²) in [7, 11) is 0. The van der Waals surface area contributed by atoms with Crippen molar-refractivity contribution in [2.75, 3.05) is 0 Å². The van der Waals surface area contributed by atoms with Crippen molar-refractivity contribution in [3.05, 3.63) is 94.2 Å². The van der Waals surface area contributed by atoms with Gasteiger partial charge in [0, 0.05) is 16.1 Å². The van der Waals surface area contributed by atoms with Gasteiger partial charge in [0.2, 0.25) is 0 Å². The minimum Gasteiger partial charge on any atom is -0.381 e. The first-order valence-corrected chi connectivity index (χ1v) is 11.1. The lowest BCUT2D eigenvalue weighted by Crippen LogP contribution is -2.52. The zero-order valence-electron chi connectivity index (χ0n) is 18.3. The molecule has 0 aliphatic rings. The van der Waals surface area contributed by atoms with Crippen molar-refractivity contribution < 1.29 is 18.7 Å². The summed E-state index contributed by atoms with van der Waals surface area (Å²) in [5.74, 6) is -2.23. The van der Waals surface area contributed by atoms with E-state index in [4.69, 9.17) is 0 Å². The van der Waals surface area contributed by atoms with Crippen LogP contribution in [-0.4, -0.2) is 41.6 Å². The molecular formula is C23H21BrF2N6O2. The Balaban J connectivity index is 1.63. The minimum absolute atomic E-state index is 0.181. The Bertz CT molecular complexity index is 1310. The van der Waals surface area contributed by atoms with Gasteiger partial charge in [-0.15, -0.1) is 0 Å². The maximum absolute atomic E-state index is 14.7. The Hall–Kier alpha value is -3.44. The molecule has 0 aliphatic heterocycles. The maximum Gasteiger partial charge on any atom is 0.255 e. The zero-order chi connectivity index (χ0) is 24.5.